The van der Waals surface area contributed by atoms with E-state index >= 15 is 0 Å². The third kappa shape index (κ3) is 2.40. The highest BCUT2D eigenvalue weighted by Gasteiger charge is 2.11. The summed E-state index contributed by atoms with van der Waals surface area (Å²) in [6.07, 6.45) is 1.78. The van der Waals surface area contributed by atoms with Gasteiger partial charge in [0.15, 0.2) is 5.82 Å². The average molecular weight is 269 g/mol. The molecule has 0 bridgehead atoms. The second kappa shape index (κ2) is 5.16. The van der Waals surface area contributed by atoms with Gasteiger partial charge in [-0.3, -0.25) is 4.68 Å². The Hall–Kier alpha value is -2.63. The van der Waals surface area contributed by atoms with Crippen molar-refractivity contribution in [2.75, 3.05) is 5.32 Å². The van der Waals surface area contributed by atoms with Crippen LogP contribution in [0.3, 0.4) is 0 Å². The van der Waals surface area contributed by atoms with Gasteiger partial charge >= 0.3 is 0 Å². The molecule has 1 N–H and O–H groups in total. The number of hydrogen-bond donors (Lipinski definition) is 1. The van der Waals surface area contributed by atoms with Gasteiger partial charge in [-0.05, 0) is 25.1 Å². The monoisotopic (exact) mass is 269 g/mol. The zero-order valence-electron chi connectivity index (χ0n) is 11.4. The summed E-state index contributed by atoms with van der Waals surface area (Å²) in [6.45, 7) is 2.49. The smallest absolute Gasteiger partial charge is 0.260 e. The van der Waals surface area contributed by atoms with Gasteiger partial charge in [0.25, 0.3) is 5.89 Å². The summed E-state index contributed by atoms with van der Waals surface area (Å²) >= 11 is 0. The molecule has 0 aliphatic rings. The van der Waals surface area contributed by atoms with Crippen molar-refractivity contribution in [2.45, 2.75) is 13.5 Å². The maximum absolute atomic E-state index is 5.23. The van der Waals surface area contributed by atoms with Gasteiger partial charge in [-0.1, -0.05) is 17.3 Å². The topological polar surface area (TPSA) is 68.8 Å². The molecule has 0 aliphatic heterocycles. The minimum atomic E-state index is 0.524. The zero-order chi connectivity index (χ0) is 13.9. The minimum absolute atomic E-state index is 0.524. The van der Waals surface area contributed by atoms with Crippen molar-refractivity contribution >= 4 is 5.69 Å². The molecule has 0 fully saturated rings. The molecule has 3 aromatic rings. The van der Waals surface area contributed by atoms with Crippen molar-refractivity contribution in [1.82, 2.24) is 19.9 Å². The molecule has 20 heavy (non-hydrogen) atoms. The van der Waals surface area contributed by atoms with Crippen molar-refractivity contribution < 1.29 is 4.52 Å². The predicted octanol–water partition coefficient (Wildman–Crippen LogP) is 2.39. The molecule has 102 valence electrons. The standard InChI is InChI=1S/C14H15N5O/c1-10-17-14(20-18-10)12-5-3-4-6-13(12)15-9-11-7-8-16-19(11)2/h3-8,15H,9H2,1-2H3. The van der Waals surface area contributed by atoms with E-state index < -0.39 is 0 Å². The Labute approximate surface area is 116 Å². The molecule has 0 amide bonds. The van der Waals surface area contributed by atoms with Crippen molar-refractivity contribution in [3.8, 4) is 11.5 Å². The molecule has 1 aromatic carbocycles. The molecule has 0 unspecified atom stereocenters. The number of aromatic nitrogens is 4. The summed E-state index contributed by atoms with van der Waals surface area (Å²) in [5.41, 5.74) is 2.95. The van der Waals surface area contributed by atoms with E-state index in [1.54, 1.807) is 13.1 Å². The van der Waals surface area contributed by atoms with Crippen molar-refractivity contribution in [2.24, 2.45) is 7.05 Å². The highest BCUT2D eigenvalue weighted by Crippen LogP contribution is 2.26. The van der Waals surface area contributed by atoms with E-state index in [0.717, 1.165) is 16.9 Å². The Bertz CT molecular complexity index is 716. The third-order valence-corrected chi connectivity index (χ3v) is 3.07. The van der Waals surface area contributed by atoms with Gasteiger partial charge in [0.2, 0.25) is 0 Å². The SMILES string of the molecule is Cc1noc(-c2ccccc2NCc2ccnn2C)n1. The predicted molar refractivity (Wildman–Crippen MR) is 75.0 cm³/mol. The van der Waals surface area contributed by atoms with Gasteiger partial charge in [0.05, 0.1) is 17.8 Å². The Morgan fingerprint density at radius 1 is 1.25 bits per heavy atom. The van der Waals surface area contributed by atoms with Crippen LogP contribution in [0.15, 0.2) is 41.1 Å². The molecule has 0 atom stereocenters. The summed E-state index contributed by atoms with van der Waals surface area (Å²) in [5.74, 6) is 1.15. The molecule has 0 radical (unpaired) electrons. The number of aryl methyl sites for hydroxylation is 2. The fourth-order valence-electron chi connectivity index (χ4n) is 1.99. The van der Waals surface area contributed by atoms with Gasteiger partial charge in [0, 0.05) is 18.9 Å². The van der Waals surface area contributed by atoms with Gasteiger partial charge in [-0.25, -0.2) is 0 Å². The number of benzene rings is 1. The largest absolute Gasteiger partial charge is 0.379 e. The van der Waals surface area contributed by atoms with Crippen LogP contribution >= 0.6 is 0 Å². The van der Waals surface area contributed by atoms with Crippen LogP contribution in [0, 0.1) is 6.92 Å². The third-order valence-electron chi connectivity index (χ3n) is 3.07. The summed E-state index contributed by atoms with van der Waals surface area (Å²) < 4.78 is 7.07. The van der Waals surface area contributed by atoms with Crippen molar-refractivity contribution in [3.63, 3.8) is 0 Å². The Morgan fingerprint density at radius 2 is 2.10 bits per heavy atom. The summed E-state index contributed by atoms with van der Waals surface area (Å²) in [4.78, 5) is 4.27. The van der Waals surface area contributed by atoms with Crippen LogP contribution < -0.4 is 5.32 Å². The van der Waals surface area contributed by atoms with Crippen LogP contribution in [0.25, 0.3) is 11.5 Å². The van der Waals surface area contributed by atoms with E-state index in [1.165, 1.54) is 0 Å². The van der Waals surface area contributed by atoms with E-state index in [-0.39, 0.29) is 0 Å². The Balaban J connectivity index is 1.85. The second-order valence-corrected chi connectivity index (χ2v) is 4.49. The molecule has 6 nitrogen and oxygen atoms in total. The van der Waals surface area contributed by atoms with Crippen LogP contribution in [0.4, 0.5) is 5.69 Å². The number of hydrogen-bond acceptors (Lipinski definition) is 5. The number of nitrogens with one attached hydrogen (secondary N) is 1. The quantitative estimate of drug-likeness (QED) is 0.787. The second-order valence-electron chi connectivity index (χ2n) is 4.49. The van der Waals surface area contributed by atoms with Crippen LogP contribution in [0.5, 0.6) is 0 Å². The zero-order valence-corrected chi connectivity index (χ0v) is 11.4. The molecular formula is C14H15N5O. The molecule has 2 aromatic heterocycles. The molecule has 0 saturated carbocycles. The van der Waals surface area contributed by atoms with Gasteiger partial charge in [-0.2, -0.15) is 10.1 Å². The maximum Gasteiger partial charge on any atom is 0.260 e. The highest BCUT2D eigenvalue weighted by atomic mass is 16.5. The summed E-state index contributed by atoms with van der Waals surface area (Å²) in [5, 5.41) is 11.4. The van der Waals surface area contributed by atoms with Gasteiger partial charge in [-0.15, -0.1) is 0 Å². The van der Waals surface area contributed by atoms with E-state index in [1.807, 2.05) is 42.1 Å². The number of para-hydroxylation sites is 1. The lowest BCUT2D eigenvalue weighted by Gasteiger charge is -2.09. The van der Waals surface area contributed by atoms with Gasteiger partial charge < -0.3 is 9.84 Å². The van der Waals surface area contributed by atoms with Crippen molar-refractivity contribution in [3.05, 3.63) is 48.0 Å². The molecule has 2 heterocycles. The first-order chi connectivity index (χ1) is 9.74. The Kier molecular flexibility index (Phi) is 3.20. The van der Waals surface area contributed by atoms with Crippen LogP contribution in [-0.2, 0) is 13.6 Å². The van der Waals surface area contributed by atoms with E-state index in [4.69, 9.17) is 4.52 Å². The molecule has 6 heteroatoms. The van der Waals surface area contributed by atoms with Gasteiger partial charge in [0.1, 0.15) is 0 Å². The van der Waals surface area contributed by atoms with Crippen LogP contribution in [-0.4, -0.2) is 19.9 Å². The first-order valence-electron chi connectivity index (χ1n) is 6.34. The number of anilines is 1. The molecule has 0 aliphatic carbocycles. The lowest BCUT2D eigenvalue weighted by molar-refractivity contribution is 0.426. The molecular weight excluding hydrogens is 254 g/mol. The molecule has 0 saturated heterocycles. The maximum atomic E-state index is 5.23. The van der Waals surface area contributed by atoms with E-state index in [2.05, 4.69) is 20.6 Å². The number of nitrogens with zero attached hydrogens (tertiary/aromatic N) is 4. The lowest BCUT2D eigenvalue weighted by atomic mass is 10.1. The fourth-order valence-corrected chi connectivity index (χ4v) is 1.99. The Morgan fingerprint density at radius 3 is 2.80 bits per heavy atom. The van der Waals surface area contributed by atoms with E-state index in [9.17, 15) is 0 Å². The summed E-state index contributed by atoms with van der Waals surface area (Å²) in [7, 11) is 1.92. The summed E-state index contributed by atoms with van der Waals surface area (Å²) in [6, 6.07) is 9.85. The van der Waals surface area contributed by atoms with Crippen LogP contribution in [0.2, 0.25) is 0 Å². The first kappa shape index (κ1) is 12.4. The first-order valence-corrected chi connectivity index (χ1v) is 6.34. The molecule has 3 rings (SSSR count). The normalized spacial score (nSPS) is 10.7. The number of rotatable bonds is 4. The fraction of sp³-hybridized carbons (Fsp3) is 0.214. The average Bonchev–Trinajstić information content (AvgIpc) is 3.06. The highest BCUT2D eigenvalue weighted by molar-refractivity contribution is 5.72. The van der Waals surface area contributed by atoms with E-state index in [0.29, 0.717) is 18.3 Å². The molecule has 0 spiro atoms. The minimum Gasteiger partial charge on any atom is -0.379 e. The lowest BCUT2D eigenvalue weighted by Crippen LogP contribution is -2.06. The van der Waals surface area contributed by atoms with Crippen LogP contribution in [0.1, 0.15) is 11.5 Å². The van der Waals surface area contributed by atoms with Crippen molar-refractivity contribution in [1.29, 1.82) is 0 Å².